The number of para-hydroxylation sites is 1. The predicted octanol–water partition coefficient (Wildman–Crippen LogP) is 2.07. The van der Waals surface area contributed by atoms with Crippen LogP contribution in [0.4, 0.5) is 5.69 Å². The van der Waals surface area contributed by atoms with Gasteiger partial charge < -0.3 is 5.73 Å². The first-order chi connectivity index (χ1) is 5.74. The second-order valence-corrected chi connectivity index (χ2v) is 3.39. The van der Waals surface area contributed by atoms with Gasteiger partial charge in [0.1, 0.15) is 0 Å². The first-order valence-electron chi connectivity index (χ1n) is 3.40. The van der Waals surface area contributed by atoms with E-state index in [-0.39, 0.29) is 0 Å². The average molecular weight is 179 g/mol. The number of allylic oxidation sites excluding steroid dienone is 1. The molecule has 0 aromatic heterocycles. The second-order valence-electron chi connectivity index (χ2n) is 2.22. The largest absolute Gasteiger partial charge is 0.398 e. The van der Waals surface area contributed by atoms with E-state index < -0.39 is 0 Å². The third kappa shape index (κ3) is 2.13. The minimum absolute atomic E-state index is 0.466. The summed E-state index contributed by atoms with van der Waals surface area (Å²) < 4.78 is 0. The van der Waals surface area contributed by atoms with Crippen LogP contribution in [0, 0.1) is 0 Å². The first-order valence-corrected chi connectivity index (χ1v) is 4.22. The molecule has 62 valence electrons. The van der Waals surface area contributed by atoms with Crippen molar-refractivity contribution in [2.75, 3.05) is 5.73 Å². The van der Waals surface area contributed by atoms with E-state index in [9.17, 15) is 4.79 Å². The summed E-state index contributed by atoms with van der Waals surface area (Å²) in [5, 5.41) is 0. The fraction of sp³-hybridized carbons (Fsp3) is 0. The lowest BCUT2D eigenvalue weighted by Crippen LogP contribution is -1.87. The summed E-state index contributed by atoms with van der Waals surface area (Å²) in [6.45, 7) is 3.55. The molecule has 0 aliphatic rings. The van der Waals surface area contributed by atoms with Gasteiger partial charge in [-0.1, -0.05) is 30.5 Å². The van der Waals surface area contributed by atoms with Crippen LogP contribution in [-0.4, -0.2) is 6.29 Å². The SMILES string of the molecule is C=C(C=O)Sc1ccccc1N. The normalized spacial score (nSPS) is 9.33. The van der Waals surface area contributed by atoms with Crippen LogP contribution >= 0.6 is 11.8 Å². The lowest BCUT2D eigenvalue weighted by Gasteiger charge is -2.01. The van der Waals surface area contributed by atoms with Crippen LogP contribution in [0.2, 0.25) is 0 Å². The molecule has 0 unspecified atom stereocenters. The zero-order valence-electron chi connectivity index (χ0n) is 6.49. The number of anilines is 1. The van der Waals surface area contributed by atoms with Gasteiger partial charge in [0.2, 0.25) is 0 Å². The number of aldehydes is 1. The summed E-state index contributed by atoms with van der Waals surface area (Å²) >= 11 is 1.28. The van der Waals surface area contributed by atoms with Gasteiger partial charge in [0.25, 0.3) is 0 Å². The molecule has 2 nitrogen and oxygen atoms in total. The lowest BCUT2D eigenvalue weighted by atomic mass is 10.3. The highest BCUT2D eigenvalue weighted by atomic mass is 32.2. The molecule has 2 N–H and O–H groups in total. The quantitative estimate of drug-likeness (QED) is 0.334. The first kappa shape index (κ1) is 8.87. The Morgan fingerprint density at radius 2 is 2.17 bits per heavy atom. The summed E-state index contributed by atoms with van der Waals surface area (Å²) in [5.41, 5.74) is 6.32. The smallest absolute Gasteiger partial charge is 0.156 e. The molecule has 0 spiro atoms. The molecule has 0 radical (unpaired) electrons. The molecule has 0 aliphatic heterocycles. The molecule has 0 saturated carbocycles. The molecular weight excluding hydrogens is 170 g/mol. The highest BCUT2D eigenvalue weighted by Crippen LogP contribution is 2.28. The van der Waals surface area contributed by atoms with Crippen molar-refractivity contribution in [3.63, 3.8) is 0 Å². The number of rotatable bonds is 3. The van der Waals surface area contributed by atoms with E-state index in [1.54, 1.807) is 6.07 Å². The van der Waals surface area contributed by atoms with Crippen LogP contribution in [0.15, 0.2) is 40.6 Å². The molecule has 1 aromatic rings. The zero-order valence-corrected chi connectivity index (χ0v) is 7.30. The van der Waals surface area contributed by atoms with Gasteiger partial charge in [-0.2, -0.15) is 0 Å². The monoisotopic (exact) mass is 179 g/mol. The van der Waals surface area contributed by atoms with Crippen LogP contribution in [0.1, 0.15) is 0 Å². The van der Waals surface area contributed by atoms with Crippen molar-refractivity contribution in [1.29, 1.82) is 0 Å². The highest BCUT2D eigenvalue weighted by Gasteiger charge is 1.99. The van der Waals surface area contributed by atoms with Crippen molar-refractivity contribution in [3.05, 3.63) is 35.7 Å². The number of carbonyl (C=O) groups is 1. The molecule has 0 heterocycles. The van der Waals surface area contributed by atoms with E-state index in [2.05, 4.69) is 6.58 Å². The Hall–Kier alpha value is -1.22. The van der Waals surface area contributed by atoms with Gasteiger partial charge >= 0.3 is 0 Å². The maximum Gasteiger partial charge on any atom is 0.156 e. The number of nitrogens with two attached hydrogens (primary N) is 1. The number of hydrogen-bond acceptors (Lipinski definition) is 3. The summed E-state index contributed by atoms with van der Waals surface area (Å²) in [7, 11) is 0. The molecule has 1 aromatic carbocycles. The molecular formula is C9H9NOS. The van der Waals surface area contributed by atoms with Crippen molar-refractivity contribution in [2.24, 2.45) is 0 Å². The van der Waals surface area contributed by atoms with E-state index in [4.69, 9.17) is 5.73 Å². The number of hydrogen-bond donors (Lipinski definition) is 1. The number of carbonyl (C=O) groups excluding carboxylic acids is 1. The number of thioether (sulfide) groups is 1. The molecule has 0 bridgehead atoms. The molecule has 0 amide bonds. The van der Waals surface area contributed by atoms with Gasteiger partial charge in [0, 0.05) is 15.5 Å². The Morgan fingerprint density at radius 3 is 2.75 bits per heavy atom. The van der Waals surface area contributed by atoms with E-state index in [1.165, 1.54) is 11.8 Å². The fourth-order valence-electron chi connectivity index (χ4n) is 0.739. The van der Waals surface area contributed by atoms with Crippen LogP contribution < -0.4 is 5.73 Å². The van der Waals surface area contributed by atoms with Crippen LogP contribution in [-0.2, 0) is 4.79 Å². The van der Waals surface area contributed by atoms with Crippen molar-refractivity contribution in [1.82, 2.24) is 0 Å². The Bertz CT molecular complexity index is 309. The Kier molecular flexibility index (Phi) is 2.94. The standard InChI is InChI=1S/C9H9NOS/c1-7(6-11)12-9-5-3-2-4-8(9)10/h2-6H,1,10H2. The summed E-state index contributed by atoms with van der Waals surface area (Å²) in [5.74, 6) is 0. The van der Waals surface area contributed by atoms with E-state index in [1.807, 2.05) is 18.2 Å². The van der Waals surface area contributed by atoms with Gasteiger partial charge in [-0.05, 0) is 12.1 Å². The third-order valence-corrected chi connectivity index (χ3v) is 2.24. The predicted molar refractivity (Wildman–Crippen MR) is 51.9 cm³/mol. The van der Waals surface area contributed by atoms with E-state index >= 15 is 0 Å². The van der Waals surface area contributed by atoms with Crippen LogP contribution in [0.5, 0.6) is 0 Å². The molecule has 0 aliphatic carbocycles. The molecule has 0 saturated heterocycles. The van der Waals surface area contributed by atoms with Crippen molar-refractivity contribution in [2.45, 2.75) is 4.90 Å². The maximum atomic E-state index is 10.3. The number of benzene rings is 1. The van der Waals surface area contributed by atoms with Gasteiger partial charge in [-0.3, -0.25) is 4.79 Å². The molecule has 0 fully saturated rings. The minimum Gasteiger partial charge on any atom is -0.398 e. The summed E-state index contributed by atoms with van der Waals surface area (Å²) in [6.07, 6.45) is 0.719. The van der Waals surface area contributed by atoms with Crippen LogP contribution in [0.25, 0.3) is 0 Å². The fourth-order valence-corrected chi connectivity index (χ4v) is 1.40. The van der Waals surface area contributed by atoms with Crippen molar-refractivity contribution < 1.29 is 4.79 Å². The van der Waals surface area contributed by atoms with Gasteiger partial charge in [0.05, 0.1) is 0 Å². The van der Waals surface area contributed by atoms with Crippen molar-refractivity contribution in [3.8, 4) is 0 Å². The zero-order chi connectivity index (χ0) is 8.97. The number of nitrogen functional groups attached to an aromatic ring is 1. The minimum atomic E-state index is 0.466. The lowest BCUT2D eigenvalue weighted by molar-refractivity contribution is -0.104. The Labute approximate surface area is 75.5 Å². The van der Waals surface area contributed by atoms with E-state index in [0.29, 0.717) is 10.6 Å². The molecule has 0 atom stereocenters. The molecule has 3 heteroatoms. The van der Waals surface area contributed by atoms with Crippen molar-refractivity contribution >= 4 is 23.7 Å². The second kappa shape index (κ2) is 3.97. The summed E-state index contributed by atoms with van der Waals surface area (Å²) in [6, 6.07) is 7.37. The highest BCUT2D eigenvalue weighted by molar-refractivity contribution is 8.04. The van der Waals surface area contributed by atoms with Crippen LogP contribution in [0.3, 0.4) is 0 Å². The average Bonchev–Trinajstić information content (AvgIpc) is 2.09. The third-order valence-electron chi connectivity index (χ3n) is 1.29. The van der Waals surface area contributed by atoms with Gasteiger partial charge in [-0.15, -0.1) is 0 Å². The van der Waals surface area contributed by atoms with Gasteiger partial charge in [-0.25, -0.2) is 0 Å². The Morgan fingerprint density at radius 1 is 1.50 bits per heavy atom. The molecule has 1 rings (SSSR count). The van der Waals surface area contributed by atoms with Gasteiger partial charge in [0.15, 0.2) is 6.29 Å². The Balaban J connectivity index is 2.82. The molecule has 12 heavy (non-hydrogen) atoms. The maximum absolute atomic E-state index is 10.3. The topological polar surface area (TPSA) is 43.1 Å². The summed E-state index contributed by atoms with van der Waals surface area (Å²) in [4.78, 5) is 11.6. The van der Waals surface area contributed by atoms with E-state index in [0.717, 1.165) is 11.2 Å².